The molecule has 0 spiro atoms. The van der Waals surface area contributed by atoms with Crippen molar-refractivity contribution in [2.24, 2.45) is 0 Å². The Morgan fingerprint density at radius 3 is 2.43 bits per heavy atom. The van der Waals surface area contributed by atoms with E-state index in [1.807, 2.05) is 0 Å². The molecule has 2 aliphatic heterocycles. The number of aliphatic carboxylic acids is 1. The predicted molar refractivity (Wildman–Crippen MR) is 85.3 cm³/mol. The molecular formula is C15H17N3O4S. The van der Waals surface area contributed by atoms with Crippen LogP contribution in [0.2, 0.25) is 0 Å². The highest BCUT2D eigenvalue weighted by atomic mass is 32.2. The largest absolute Gasteiger partial charge is 0.480 e. The van der Waals surface area contributed by atoms with Crippen molar-refractivity contribution in [3.05, 3.63) is 0 Å². The number of nitrogens with zero attached hydrogens (tertiary/aromatic N) is 2. The van der Waals surface area contributed by atoms with E-state index in [-0.39, 0.29) is 19.0 Å². The molecule has 3 atom stereocenters. The van der Waals surface area contributed by atoms with Gasteiger partial charge in [0.1, 0.15) is 11.4 Å². The number of fused-ring (bicyclic) bond motifs is 1. The normalized spacial score (nSPS) is 27.6. The van der Waals surface area contributed by atoms with Gasteiger partial charge < -0.3 is 15.3 Å². The molecule has 23 heavy (non-hydrogen) atoms. The summed E-state index contributed by atoms with van der Waals surface area (Å²) in [7, 11) is 0. The second kappa shape index (κ2) is 6.05. The van der Waals surface area contributed by atoms with E-state index >= 15 is 0 Å². The van der Waals surface area contributed by atoms with Gasteiger partial charge in [0.15, 0.2) is 6.04 Å². The maximum Gasteiger partial charge on any atom is 0.329 e. The van der Waals surface area contributed by atoms with Gasteiger partial charge in [-0.2, -0.15) is 0 Å². The molecule has 0 bridgehead atoms. The number of hydrogen-bond acceptors (Lipinski definition) is 4. The van der Waals surface area contributed by atoms with Gasteiger partial charge >= 0.3 is 12.0 Å². The zero-order valence-corrected chi connectivity index (χ0v) is 13.6. The zero-order chi connectivity index (χ0) is 17.4. The van der Waals surface area contributed by atoms with Crippen LogP contribution in [-0.4, -0.2) is 68.1 Å². The summed E-state index contributed by atoms with van der Waals surface area (Å²) in [6.07, 6.45) is 10.5. The number of nitrogens with one attached hydrogen (secondary N) is 1. The Kier molecular flexibility index (Phi) is 4.49. The van der Waals surface area contributed by atoms with Gasteiger partial charge in [-0.15, -0.1) is 24.6 Å². The highest BCUT2D eigenvalue weighted by Crippen LogP contribution is 2.48. The van der Waals surface area contributed by atoms with E-state index in [4.69, 9.17) is 12.8 Å². The summed E-state index contributed by atoms with van der Waals surface area (Å²) in [5.41, 5.74) is 0. The standard InChI is InChI=1S/C15H17N3O4S/c1-5-7-17(8-6-2)11(19)10-15(3,4)23-12-9(13(20)21)16-14(22)18(10)12/h1-2,9-10,12H,7-8H2,3-4H3,(H,16,22)(H,20,21)/t9-,10-,12+/m0/s1. The van der Waals surface area contributed by atoms with Crippen LogP contribution in [0, 0.1) is 24.7 Å². The molecule has 0 aromatic carbocycles. The lowest BCUT2D eigenvalue weighted by Gasteiger charge is -2.32. The molecule has 0 radical (unpaired) electrons. The summed E-state index contributed by atoms with van der Waals surface area (Å²) in [6, 6.07) is -2.46. The summed E-state index contributed by atoms with van der Waals surface area (Å²) < 4.78 is -0.658. The van der Waals surface area contributed by atoms with E-state index in [0.717, 1.165) is 0 Å². The Morgan fingerprint density at radius 2 is 1.96 bits per heavy atom. The van der Waals surface area contributed by atoms with Crippen LogP contribution in [0.1, 0.15) is 13.8 Å². The van der Waals surface area contributed by atoms with Crippen molar-refractivity contribution in [1.29, 1.82) is 0 Å². The van der Waals surface area contributed by atoms with E-state index in [1.165, 1.54) is 21.6 Å². The first-order valence-electron chi connectivity index (χ1n) is 6.89. The van der Waals surface area contributed by atoms with Crippen molar-refractivity contribution in [2.45, 2.75) is 36.1 Å². The highest BCUT2D eigenvalue weighted by Gasteiger charge is 2.60. The molecular weight excluding hydrogens is 318 g/mol. The van der Waals surface area contributed by atoms with Crippen LogP contribution in [-0.2, 0) is 9.59 Å². The Hall–Kier alpha value is -2.32. The molecule has 2 aliphatic rings. The summed E-state index contributed by atoms with van der Waals surface area (Å²) in [5.74, 6) is 3.24. The topological polar surface area (TPSA) is 90.0 Å². The fraction of sp³-hybridized carbons (Fsp3) is 0.533. The first-order valence-corrected chi connectivity index (χ1v) is 7.77. The fourth-order valence-electron chi connectivity index (χ4n) is 2.86. The van der Waals surface area contributed by atoms with E-state index in [0.29, 0.717) is 0 Å². The second-order valence-electron chi connectivity index (χ2n) is 5.79. The molecule has 7 nitrogen and oxygen atoms in total. The molecule has 3 amide bonds. The lowest BCUT2D eigenvalue weighted by Crippen LogP contribution is -2.55. The van der Waals surface area contributed by atoms with Crippen molar-refractivity contribution in [2.75, 3.05) is 13.1 Å². The SMILES string of the molecule is C#CCN(CC#C)C(=O)[C@@H]1N2C(=O)N[C@H](C(=O)O)[C@H]2SC1(C)C. The van der Waals surface area contributed by atoms with Crippen LogP contribution in [0.4, 0.5) is 4.79 Å². The lowest BCUT2D eigenvalue weighted by atomic mass is 10.00. The van der Waals surface area contributed by atoms with Crippen LogP contribution < -0.4 is 5.32 Å². The Labute approximate surface area is 138 Å². The van der Waals surface area contributed by atoms with E-state index in [9.17, 15) is 19.5 Å². The van der Waals surface area contributed by atoms with Crippen LogP contribution in [0.3, 0.4) is 0 Å². The molecule has 2 rings (SSSR count). The molecule has 2 saturated heterocycles. The average Bonchev–Trinajstić information content (AvgIpc) is 2.90. The van der Waals surface area contributed by atoms with Gasteiger partial charge in [0.05, 0.1) is 13.1 Å². The molecule has 0 saturated carbocycles. The van der Waals surface area contributed by atoms with E-state index in [1.54, 1.807) is 13.8 Å². The number of rotatable bonds is 4. The minimum absolute atomic E-state index is 0.0305. The van der Waals surface area contributed by atoms with Crippen LogP contribution in [0.25, 0.3) is 0 Å². The Bertz CT molecular complexity index is 618. The fourth-order valence-corrected chi connectivity index (χ4v) is 4.48. The molecule has 0 aromatic heterocycles. The van der Waals surface area contributed by atoms with Crippen molar-refractivity contribution in [3.8, 4) is 24.7 Å². The Balaban J connectivity index is 2.36. The van der Waals surface area contributed by atoms with Gasteiger partial charge in [-0.1, -0.05) is 11.8 Å². The number of carbonyl (C=O) groups excluding carboxylic acids is 2. The van der Waals surface area contributed by atoms with Crippen LogP contribution in [0.5, 0.6) is 0 Å². The van der Waals surface area contributed by atoms with Crippen LogP contribution >= 0.6 is 11.8 Å². The summed E-state index contributed by atoms with van der Waals surface area (Å²) >= 11 is 1.28. The van der Waals surface area contributed by atoms with Gasteiger partial charge in [-0.25, -0.2) is 9.59 Å². The highest BCUT2D eigenvalue weighted by molar-refractivity contribution is 8.01. The van der Waals surface area contributed by atoms with Crippen molar-refractivity contribution in [1.82, 2.24) is 15.1 Å². The molecule has 0 aliphatic carbocycles. The summed E-state index contributed by atoms with van der Waals surface area (Å²) in [5, 5.41) is 11.0. The van der Waals surface area contributed by atoms with E-state index in [2.05, 4.69) is 17.2 Å². The lowest BCUT2D eigenvalue weighted by molar-refractivity contribution is -0.140. The van der Waals surface area contributed by atoms with Crippen LogP contribution in [0.15, 0.2) is 0 Å². The minimum atomic E-state index is -1.13. The third kappa shape index (κ3) is 2.82. The average molecular weight is 335 g/mol. The zero-order valence-electron chi connectivity index (χ0n) is 12.8. The Morgan fingerprint density at radius 1 is 1.39 bits per heavy atom. The predicted octanol–water partition coefficient (Wildman–Crippen LogP) is -0.220. The molecule has 0 unspecified atom stereocenters. The van der Waals surface area contributed by atoms with Crippen molar-refractivity contribution >= 4 is 29.7 Å². The molecule has 0 aromatic rings. The molecule has 2 fully saturated rings. The summed E-state index contributed by atoms with van der Waals surface area (Å²) in [4.78, 5) is 39.0. The number of hydrogen-bond donors (Lipinski definition) is 2. The first-order chi connectivity index (χ1) is 10.7. The first kappa shape index (κ1) is 17.0. The number of carbonyl (C=O) groups is 3. The summed E-state index contributed by atoms with van der Waals surface area (Å²) in [6.45, 7) is 3.66. The minimum Gasteiger partial charge on any atom is -0.480 e. The van der Waals surface area contributed by atoms with Gasteiger partial charge in [-0.05, 0) is 13.8 Å². The number of terminal acetylenes is 2. The van der Waals surface area contributed by atoms with Crippen molar-refractivity contribution in [3.63, 3.8) is 0 Å². The monoisotopic (exact) mass is 335 g/mol. The van der Waals surface area contributed by atoms with E-state index < -0.39 is 34.2 Å². The number of thioether (sulfide) groups is 1. The van der Waals surface area contributed by atoms with Gasteiger partial charge in [0, 0.05) is 4.75 Å². The van der Waals surface area contributed by atoms with Gasteiger partial charge in [0.2, 0.25) is 5.91 Å². The van der Waals surface area contributed by atoms with Crippen molar-refractivity contribution < 1.29 is 19.5 Å². The maximum atomic E-state index is 12.9. The second-order valence-corrected chi connectivity index (χ2v) is 7.56. The molecule has 2 N–H and O–H groups in total. The van der Waals surface area contributed by atoms with Gasteiger partial charge in [0.25, 0.3) is 0 Å². The maximum absolute atomic E-state index is 12.9. The molecule has 122 valence electrons. The third-order valence-corrected chi connectivity index (χ3v) is 5.38. The number of carboxylic acid groups (broad SMARTS) is 1. The van der Waals surface area contributed by atoms with Gasteiger partial charge in [-0.3, -0.25) is 9.69 Å². The number of carboxylic acids is 1. The molecule has 2 heterocycles. The third-order valence-electron chi connectivity index (χ3n) is 3.81. The molecule has 8 heteroatoms. The smallest absolute Gasteiger partial charge is 0.329 e. The number of amides is 3. The number of urea groups is 1. The quantitative estimate of drug-likeness (QED) is 0.693.